The van der Waals surface area contributed by atoms with Crippen LogP contribution in [-0.2, 0) is 4.79 Å². The SMILES string of the molecule is CN(CCCOc1ccccc1)C(=O)CCC1CCNCC1.Cl. The van der Waals surface area contributed by atoms with Gasteiger partial charge in [0.25, 0.3) is 0 Å². The van der Waals surface area contributed by atoms with Crippen LogP contribution in [0.2, 0.25) is 0 Å². The molecule has 2 rings (SSSR count). The van der Waals surface area contributed by atoms with Crippen molar-refractivity contribution in [3.8, 4) is 5.75 Å². The van der Waals surface area contributed by atoms with E-state index in [0.29, 0.717) is 13.0 Å². The van der Waals surface area contributed by atoms with Crippen LogP contribution in [0.5, 0.6) is 5.75 Å². The Kier molecular flexibility index (Phi) is 9.72. The van der Waals surface area contributed by atoms with Crippen molar-refractivity contribution >= 4 is 18.3 Å². The molecule has 1 aliphatic heterocycles. The minimum atomic E-state index is 0. The van der Waals surface area contributed by atoms with Crippen molar-refractivity contribution in [3.63, 3.8) is 0 Å². The van der Waals surface area contributed by atoms with Gasteiger partial charge in [0.15, 0.2) is 0 Å². The zero-order chi connectivity index (χ0) is 15.6. The molecule has 1 amide bonds. The number of amides is 1. The first-order valence-electron chi connectivity index (χ1n) is 8.38. The molecule has 1 aromatic carbocycles. The van der Waals surface area contributed by atoms with Crippen LogP contribution in [0, 0.1) is 5.92 Å². The van der Waals surface area contributed by atoms with Crippen LogP contribution in [0.4, 0.5) is 0 Å². The highest BCUT2D eigenvalue weighted by Crippen LogP contribution is 2.18. The van der Waals surface area contributed by atoms with Gasteiger partial charge in [0.1, 0.15) is 5.75 Å². The highest BCUT2D eigenvalue weighted by Gasteiger charge is 2.16. The predicted molar refractivity (Wildman–Crippen MR) is 96.3 cm³/mol. The van der Waals surface area contributed by atoms with E-state index in [0.717, 1.165) is 44.1 Å². The lowest BCUT2D eigenvalue weighted by Crippen LogP contribution is -2.31. The highest BCUT2D eigenvalue weighted by molar-refractivity contribution is 5.85. The molecule has 1 heterocycles. The van der Waals surface area contributed by atoms with Crippen molar-refractivity contribution in [1.29, 1.82) is 0 Å². The number of hydrogen-bond acceptors (Lipinski definition) is 3. The minimum absolute atomic E-state index is 0. The number of benzene rings is 1. The quantitative estimate of drug-likeness (QED) is 0.739. The summed E-state index contributed by atoms with van der Waals surface area (Å²) in [4.78, 5) is 14.0. The molecule has 5 heteroatoms. The van der Waals surface area contributed by atoms with E-state index in [1.165, 1.54) is 12.8 Å². The Labute approximate surface area is 146 Å². The van der Waals surface area contributed by atoms with Gasteiger partial charge < -0.3 is 15.0 Å². The third kappa shape index (κ3) is 7.71. The predicted octanol–water partition coefficient (Wildman–Crippen LogP) is 3.12. The number of para-hydroxylation sites is 1. The average Bonchev–Trinajstić information content (AvgIpc) is 2.58. The number of piperidine rings is 1. The van der Waals surface area contributed by atoms with Crippen LogP contribution in [0.25, 0.3) is 0 Å². The first kappa shape index (κ1) is 19.8. The minimum Gasteiger partial charge on any atom is -0.494 e. The molecule has 0 bridgehead atoms. The fraction of sp³-hybridized carbons (Fsp3) is 0.611. The lowest BCUT2D eigenvalue weighted by molar-refractivity contribution is -0.130. The standard InChI is InChI=1S/C18H28N2O2.ClH/c1-20(14-5-15-22-17-6-3-2-4-7-17)18(21)9-8-16-10-12-19-13-11-16;/h2-4,6-7,16,19H,5,8-15H2,1H3;1H. The lowest BCUT2D eigenvalue weighted by atomic mass is 9.93. The fourth-order valence-corrected chi connectivity index (χ4v) is 2.82. The molecule has 1 aliphatic rings. The number of rotatable bonds is 8. The summed E-state index contributed by atoms with van der Waals surface area (Å²) in [5, 5.41) is 3.36. The summed E-state index contributed by atoms with van der Waals surface area (Å²) in [6.45, 7) is 3.62. The van der Waals surface area contributed by atoms with Crippen molar-refractivity contribution in [2.24, 2.45) is 5.92 Å². The van der Waals surface area contributed by atoms with Gasteiger partial charge in [0, 0.05) is 20.0 Å². The summed E-state index contributed by atoms with van der Waals surface area (Å²) in [5.74, 6) is 1.88. The molecule has 23 heavy (non-hydrogen) atoms. The fourth-order valence-electron chi connectivity index (χ4n) is 2.82. The number of carbonyl (C=O) groups excluding carboxylic acids is 1. The highest BCUT2D eigenvalue weighted by atomic mass is 35.5. The average molecular weight is 341 g/mol. The number of hydrogen-bond donors (Lipinski definition) is 1. The van der Waals surface area contributed by atoms with Gasteiger partial charge in [-0.15, -0.1) is 12.4 Å². The van der Waals surface area contributed by atoms with E-state index < -0.39 is 0 Å². The molecule has 0 aromatic heterocycles. The topological polar surface area (TPSA) is 41.6 Å². The molecule has 1 aromatic rings. The largest absolute Gasteiger partial charge is 0.494 e. The van der Waals surface area contributed by atoms with E-state index in [-0.39, 0.29) is 18.3 Å². The Morgan fingerprint density at radius 1 is 1.26 bits per heavy atom. The van der Waals surface area contributed by atoms with Gasteiger partial charge in [-0.05, 0) is 56.8 Å². The molecule has 0 spiro atoms. The first-order chi connectivity index (χ1) is 10.8. The molecule has 0 atom stereocenters. The number of carbonyl (C=O) groups is 1. The summed E-state index contributed by atoms with van der Waals surface area (Å²) in [6.07, 6.45) is 5.00. The van der Waals surface area contributed by atoms with Crippen LogP contribution in [0.3, 0.4) is 0 Å². The van der Waals surface area contributed by atoms with E-state index >= 15 is 0 Å². The third-order valence-electron chi connectivity index (χ3n) is 4.30. The maximum absolute atomic E-state index is 12.1. The maximum atomic E-state index is 12.1. The van der Waals surface area contributed by atoms with E-state index in [1.54, 1.807) is 0 Å². The number of halogens is 1. The van der Waals surface area contributed by atoms with Gasteiger partial charge >= 0.3 is 0 Å². The molecule has 130 valence electrons. The Morgan fingerprint density at radius 2 is 1.96 bits per heavy atom. The molecule has 0 radical (unpaired) electrons. The zero-order valence-corrected chi connectivity index (χ0v) is 14.8. The van der Waals surface area contributed by atoms with Crippen molar-refractivity contribution in [2.75, 3.05) is 33.3 Å². The van der Waals surface area contributed by atoms with Gasteiger partial charge in [-0.25, -0.2) is 0 Å². The van der Waals surface area contributed by atoms with Crippen LogP contribution in [0.15, 0.2) is 30.3 Å². The van der Waals surface area contributed by atoms with Crippen LogP contribution < -0.4 is 10.1 Å². The van der Waals surface area contributed by atoms with Gasteiger partial charge in [-0.3, -0.25) is 4.79 Å². The van der Waals surface area contributed by atoms with E-state index in [4.69, 9.17) is 4.74 Å². The van der Waals surface area contributed by atoms with Gasteiger partial charge in [0.05, 0.1) is 6.61 Å². The normalized spacial score (nSPS) is 14.8. The Bertz CT molecular complexity index is 436. The second-order valence-electron chi connectivity index (χ2n) is 6.06. The van der Waals surface area contributed by atoms with Gasteiger partial charge in [0.2, 0.25) is 5.91 Å². The second kappa shape index (κ2) is 11.3. The summed E-state index contributed by atoms with van der Waals surface area (Å²) < 4.78 is 5.65. The summed E-state index contributed by atoms with van der Waals surface area (Å²) in [5.41, 5.74) is 0. The summed E-state index contributed by atoms with van der Waals surface area (Å²) in [7, 11) is 1.90. The second-order valence-corrected chi connectivity index (χ2v) is 6.06. The molecule has 1 N–H and O–H groups in total. The monoisotopic (exact) mass is 340 g/mol. The van der Waals surface area contributed by atoms with Gasteiger partial charge in [-0.1, -0.05) is 18.2 Å². The molecule has 1 saturated heterocycles. The number of nitrogens with zero attached hydrogens (tertiary/aromatic N) is 1. The Morgan fingerprint density at radius 3 is 2.65 bits per heavy atom. The smallest absolute Gasteiger partial charge is 0.222 e. The van der Waals surface area contributed by atoms with Crippen molar-refractivity contribution in [1.82, 2.24) is 10.2 Å². The maximum Gasteiger partial charge on any atom is 0.222 e. The molecular formula is C18H29ClN2O2. The molecular weight excluding hydrogens is 312 g/mol. The Hall–Kier alpha value is -1.26. The van der Waals surface area contributed by atoms with Crippen LogP contribution in [-0.4, -0.2) is 44.1 Å². The first-order valence-corrected chi connectivity index (χ1v) is 8.38. The molecule has 1 fully saturated rings. The molecule has 0 unspecified atom stereocenters. The van der Waals surface area contributed by atoms with Crippen LogP contribution in [0.1, 0.15) is 32.1 Å². The van der Waals surface area contributed by atoms with Crippen molar-refractivity contribution < 1.29 is 9.53 Å². The van der Waals surface area contributed by atoms with Crippen molar-refractivity contribution in [2.45, 2.75) is 32.1 Å². The molecule has 0 saturated carbocycles. The van der Waals surface area contributed by atoms with E-state index in [9.17, 15) is 4.79 Å². The van der Waals surface area contributed by atoms with Crippen LogP contribution >= 0.6 is 12.4 Å². The third-order valence-corrected chi connectivity index (χ3v) is 4.30. The molecule has 0 aliphatic carbocycles. The zero-order valence-electron chi connectivity index (χ0n) is 14.0. The Balaban J connectivity index is 0.00000264. The van der Waals surface area contributed by atoms with E-state index in [1.807, 2.05) is 42.3 Å². The lowest BCUT2D eigenvalue weighted by Gasteiger charge is -2.23. The summed E-state index contributed by atoms with van der Waals surface area (Å²) >= 11 is 0. The number of nitrogens with one attached hydrogen (secondary N) is 1. The molecule has 4 nitrogen and oxygen atoms in total. The van der Waals surface area contributed by atoms with Crippen molar-refractivity contribution in [3.05, 3.63) is 30.3 Å². The van der Waals surface area contributed by atoms with E-state index in [2.05, 4.69) is 5.32 Å². The number of ether oxygens (including phenoxy) is 1. The summed E-state index contributed by atoms with van der Waals surface area (Å²) in [6, 6.07) is 9.81. The van der Waals surface area contributed by atoms with Gasteiger partial charge in [-0.2, -0.15) is 0 Å².